The zero-order chi connectivity index (χ0) is 20.8. The summed E-state index contributed by atoms with van der Waals surface area (Å²) in [6.07, 6.45) is 4.62. The number of H-pyrrole nitrogens is 2. The standard InChI is InChI=1S/C25H22N4O2/c1-30-16-3-5-22-20(11-16)18-7-9-27-24(25(18)29-22)14-31-13-15-2-4-21-19(10-15)17-6-8-26-12-23(17)28-21/h2-6,8,10-12,28-29H,7,9,13-14H2,1H3. The molecule has 6 rings (SSSR count). The van der Waals surface area contributed by atoms with E-state index in [-0.39, 0.29) is 0 Å². The first kappa shape index (κ1) is 18.2. The van der Waals surface area contributed by atoms with Crippen molar-refractivity contribution in [2.45, 2.75) is 13.0 Å². The third kappa shape index (κ3) is 3.07. The van der Waals surface area contributed by atoms with E-state index in [0.29, 0.717) is 13.2 Å². The number of hydrogen-bond acceptors (Lipinski definition) is 4. The third-order valence-corrected chi connectivity index (χ3v) is 6.04. The first-order valence-electron chi connectivity index (χ1n) is 10.4. The van der Waals surface area contributed by atoms with Gasteiger partial charge in [0.25, 0.3) is 0 Å². The second kappa shape index (κ2) is 7.25. The Hall–Kier alpha value is -3.64. The summed E-state index contributed by atoms with van der Waals surface area (Å²) in [4.78, 5) is 15.9. The maximum atomic E-state index is 6.10. The fourth-order valence-corrected chi connectivity index (χ4v) is 4.51. The largest absolute Gasteiger partial charge is 0.497 e. The van der Waals surface area contributed by atoms with Crippen molar-refractivity contribution < 1.29 is 9.47 Å². The Bertz CT molecular complexity index is 1460. The Morgan fingerprint density at radius 3 is 2.74 bits per heavy atom. The molecule has 0 saturated heterocycles. The van der Waals surface area contributed by atoms with Crippen molar-refractivity contribution >= 4 is 38.4 Å². The molecule has 5 aromatic rings. The van der Waals surface area contributed by atoms with E-state index >= 15 is 0 Å². The Morgan fingerprint density at radius 1 is 0.903 bits per heavy atom. The lowest BCUT2D eigenvalue weighted by Gasteiger charge is -2.14. The van der Waals surface area contributed by atoms with Gasteiger partial charge in [0, 0.05) is 39.9 Å². The smallest absolute Gasteiger partial charge is 0.119 e. The van der Waals surface area contributed by atoms with E-state index in [0.717, 1.165) is 52.2 Å². The van der Waals surface area contributed by atoms with Crippen LogP contribution in [0.1, 0.15) is 16.8 Å². The van der Waals surface area contributed by atoms with E-state index < -0.39 is 0 Å². The third-order valence-electron chi connectivity index (χ3n) is 6.04. The van der Waals surface area contributed by atoms with Gasteiger partial charge < -0.3 is 19.4 Å². The highest BCUT2D eigenvalue weighted by atomic mass is 16.5. The van der Waals surface area contributed by atoms with Gasteiger partial charge in [0.05, 0.1) is 43.4 Å². The van der Waals surface area contributed by atoms with Crippen LogP contribution in [0.25, 0.3) is 32.7 Å². The normalized spacial score (nSPS) is 13.6. The van der Waals surface area contributed by atoms with Gasteiger partial charge in [-0.2, -0.15) is 0 Å². The molecule has 0 fully saturated rings. The fourth-order valence-electron chi connectivity index (χ4n) is 4.51. The lowest BCUT2D eigenvalue weighted by Crippen LogP contribution is -2.18. The molecule has 1 aliphatic rings. The molecule has 31 heavy (non-hydrogen) atoms. The number of aromatic amines is 2. The lowest BCUT2D eigenvalue weighted by molar-refractivity contribution is 0.158. The van der Waals surface area contributed by atoms with E-state index in [4.69, 9.17) is 14.5 Å². The van der Waals surface area contributed by atoms with Crippen molar-refractivity contribution in [1.29, 1.82) is 0 Å². The molecule has 4 heterocycles. The molecule has 0 atom stereocenters. The molecule has 0 saturated carbocycles. The second-order valence-corrected chi connectivity index (χ2v) is 7.89. The summed E-state index contributed by atoms with van der Waals surface area (Å²) in [5.41, 5.74) is 7.79. The summed E-state index contributed by atoms with van der Waals surface area (Å²) in [5.74, 6) is 0.873. The predicted molar refractivity (Wildman–Crippen MR) is 123 cm³/mol. The van der Waals surface area contributed by atoms with Gasteiger partial charge in [-0.3, -0.25) is 9.98 Å². The highest BCUT2D eigenvalue weighted by molar-refractivity contribution is 6.08. The molecule has 0 radical (unpaired) electrons. The summed E-state index contributed by atoms with van der Waals surface area (Å²) >= 11 is 0. The quantitative estimate of drug-likeness (QED) is 0.438. The molecular weight excluding hydrogens is 388 g/mol. The summed E-state index contributed by atoms with van der Waals surface area (Å²) in [6.45, 7) is 1.80. The van der Waals surface area contributed by atoms with E-state index in [9.17, 15) is 0 Å². The van der Waals surface area contributed by atoms with Gasteiger partial charge in [-0.05, 0) is 53.9 Å². The molecule has 2 N–H and O–H groups in total. The minimum Gasteiger partial charge on any atom is -0.497 e. The van der Waals surface area contributed by atoms with Crippen LogP contribution in [0.2, 0.25) is 0 Å². The number of benzene rings is 2. The van der Waals surface area contributed by atoms with Gasteiger partial charge in [-0.1, -0.05) is 6.07 Å². The van der Waals surface area contributed by atoms with Crippen LogP contribution in [0.3, 0.4) is 0 Å². The van der Waals surface area contributed by atoms with E-state index in [1.807, 2.05) is 24.5 Å². The van der Waals surface area contributed by atoms with Crippen LogP contribution in [-0.2, 0) is 17.8 Å². The molecule has 0 spiro atoms. The number of aliphatic imine (C=N–C) groups is 1. The Morgan fingerprint density at radius 2 is 1.81 bits per heavy atom. The number of hydrogen-bond donors (Lipinski definition) is 2. The van der Waals surface area contributed by atoms with E-state index in [2.05, 4.69) is 45.3 Å². The molecule has 0 amide bonds. The zero-order valence-electron chi connectivity index (χ0n) is 17.2. The predicted octanol–water partition coefficient (Wildman–Crippen LogP) is 4.77. The van der Waals surface area contributed by atoms with Gasteiger partial charge >= 0.3 is 0 Å². The molecule has 0 aliphatic carbocycles. The minimum atomic E-state index is 0.479. The van der Waals surface area contributed by atoms with Crippen LogP contribution in [-0.4, -0.2) is 40.9 Å². The highest BCUT2D eigenvalue weighted by Gasteiger charge is 2.20. The minimum absolute atomic E-state index is 0.479. The molecule has 3 aromatic heterocycles. The number of nitrogens with one attached hydrogen (secondary N) is 2. The number of aromatic nitrogens is 3. The number of fused-ring (bicyclic) bond motifs is 6. The van der Waals surface area contributed by atoms with Crippen molar-refractivity contribution in [3.63, 3.8) is 0 Å². The monoisotopic (exact) mass is 410 g/mol. The maximum Gasteiger partial charge on any atom is 0.119 e. The number of ether oxygens (including phenoxy) is 2. The number of pyridine rings is 1. The van der Waals surface area contributed by atoms with Crippen LogP contribution < -0.4 is 4.74 Å². The van der Waals surface area contributed by atoms with Crippen molar-refractivity contribution in [2.24, 2.45) is 4.99 Å². The van der Waals surface area contributed by atoms with Crippen LogP contribution >= 0.6 is 0 Å². The Kier molecular flexibility index (Phi) is 4.25. The fraction of sp³-hybridized carbons (Fsp3) is 0.200. The molecule has 6 heteroatoms. The van der Waals surface area contributed by atoms with Crippen molar-refractivity contribution in [2.75, 3.05) is 20.3 Å². The van der Waals surface area contributed by atoms with Crippen molar-refractivity contribution in [3.05, 3.63) is 71.7 Å². The zero-order valence-corrected chi connectivity index (χ0v) is 17.2. The van der Waals surface area contributed by atoms with Gasteiger partial charge in [0.2, 0.25) is 0 Å². The van der Waals surface area contributed by atoms with Crippen LogP contribution in [0.5, 0.6) is 5.75 Å². The summed E-state index contributed by atoms with van der Waals surface area (Å²) < 4.78 is 11.5. The molecule has 0 unspecified atom stereocenters. The number of rotatable bonds is 5. The summed E-state index contributed by atoms with van der Waals surface area (Å²) in [6, 6.07) is 14.6. The van der Waals surface area contributed by atoms with E-state index in [1.165, 1.54) is 21.7 Å². The average Bonchev–Trinajstić information content (AvgIpc) is 3.37. The topological polar surface area (TPSA) is 75.3 Å². The first-order chi connectivity index (χ1) is 15.3. The Labute approximate surface area is 178 Å². The summed E-state index contributed by atoms with van der Waals surface area (Å²) in [7, 11) is 1.70. The van der Waals surface area contributed by atoms with E-state index in [1.54, 1.807) is 7.11 Å². The van der Waals surface area contributed by atoms with Crippen LogP contribution in [0, 0.1) is 0 Å². The van der Waals surface area contributed by atoms with Crippen molar-refractivity contribution in [1.82, 2.24) is 15.0 Å². The van der Waals surface area contributed by atoms with Crippen LogP contribution in [0.4, 0.5) is 0 Å². The maximum absolute atomic E-state index is 6.10. The van der Waals surface area contributed by atoms with Gasteiger partial charge in [-0.15, -0.1) is 0 Å². The average molecular weight is 410 g/mol. The lowest BCUT2D eigenvalue weighted by atomic mass is 10.0. The molecule has 2 aromatic carbocycles. The Balaban J connectivity index is 1.23. The first-order valence-corrected chi connectivity index (χ1v) is 10.4. The van der Waals surface area contributed by atoms with Crippen LogP contribution in [0.15, 0.2) is 59.9 Å². The molecule has 154 valence electrons. The number of nitrogens with zero attached hydrogens (tertiary/aromatic N) is 2. The molecule has 6 nitrogen and oxygen atoms in total. The molecular formula is C25H22N4O2. The SMILES string of the molecule is COc1ccc2[nH]c3c(c2c1)CCN=C3COCc1ccc2[nH]c3cnccc3c2c1. The second-order valence-electron chi connectivity index (χ2n) is 7.89. The van der Waals surface area contributed by atoms with Gasteiger partial charge in [0.1, 0.15) is 5.75 Å². The number of methoxy groups -OCH3 is 1. The molecule has 0 bridgehead atoms. The van der Waals surface area contributed by atoms with Gasteiger partial charge in [0.15, 0.2) is 0 Å². The van der Waals surface area contributed by atoms with Gasteiger partial charge in [-0.25, -0.2) is 0 Å². The summed E-state index contributed by atoms with van der Waals surface area (Å²) in [5, 5.41) is 3.59. The highest BCUT2D eigenvalue weighted by Crippen LogP contribution is 2.30. The van der Waals surface area contributed by atoms with Crippen molar-refractivity contribution in [3.8, 4) is 5.75 Å². The molecule has 1 aliphatic heterocycles.